The van der Waals surface area contributed by atoms with Gasteiger partial charge in [-0.15, -0.1) is 0 Å². The van der Waals surface area contributed by atoms with Crippen LogP contribution in [0.2, 0.25) is 5.02 Å². The Bertz CT molecular complexity index is 2010. The van der Waals surface area contributed by atoms with E-state index in [-0.39, 0.29) is 42.3 Å². The molecule has 16 heteroatoms. The molecule has 4 amide bonds. The average Bonchev–Trinajstić information content (AvgIpc) is 3.69. The molecule has 50 heavy (non-hydrogen) atoms. The van der Waals surface area contributed by atoms with Crippen LogP contribution >= 0.6 is 22.9 Å². The van der Waals surface area contributed by atoms with E-state index >= 15 is 4.39 Å². The van der Waals surface area contributed by atoms with Crippen molar-refractivity contribution in [3.05, 3.63) is 86.4 Å². The van der Waals surface area contributed by atoms with Gasteiger partial charge in [0.1, 0.15) is 34.2 Å². The number of piperazine rings is 1. The van der Waals surface area contributed by atoms with E-state index in [1.807, 2.05) is 25.1 Å². The lowest BCUT2D eigenvalue weighted by molar-refractivity contribution is -0.136. The first-order chi connectivity index (χ1) is 24.0. The predicted molar refractivity (Wildman–Crippen MR) is 186 cm³/mol. The zero-order valence-electron chi connectivity index (χ0n) is 27.3. The fraction of sp³-hybridized carbons (Fsp3) is 0.324. The highest BCUT2D eigenvalue weighted by atomic mass is 35.5. The molecule has 7 rings (SSSR count). The minimum Gasteiger partial charge on any atom is -0.354 e. The summed E-state index contributed by atoms with van der Waals surface area (Å²) < 4.78 is 15.8. The van der Waals surface area contributed by atoms with Crippen LogP contribution in [-0.4, -0.2) is 80.6 Å². The number of hydrogen-bond donors (Lipinski definition) is 3. The molecule has 4 aromatic rings. The third-order valence-electron chi connectivity index (χ3n) is 9.07. The van der Waals surface area contributed by atoms with Crippen molar-refractivity contribution in [3.63, 3.8) is 0 Å². The van der Waals surface area contributed by atoms with Gasteiger partial charge in [0.05, 0.1) is 23.5 Å². The van der Waals surface area contributed by atoms with Crippen LogP contribution < -0.4 is 20.9 Å². The first-order valence-electron chi connectivity index (χ1n) is 16.1. The number of thiazole rings is 1. The third kappa shape index (κ3) is 6.75. The highest BCUT2D eigenvalue weighted by Crippen LogP contribution is 2.32. The van der Waals surface area contributed by atoms with Gasteiger partial charge in [0, 0.05) is 61.9 Å². The maximum Gasteiger partial charge on any atom is 0.267 e. The van der Waals surface area contributed by atoms with E-state index in [1.165, 1.54) is 22.4 Å². The molecule has 3 aliphatic rings. The standard InChI is InChI=1S/C34H33ClFN9O4S/c1-18-4-3-5-23(35)30(18)42-32(48)25-15-37-34(50-25)40-26-14-27(39-19(2)38-26)44-12-10-43(11-13-44)16-20-6-7-21-22(29(20)36)17-45(33(21)49)24-8-9-28(46)41-31(24)47/h3-7,14-15,24H,8-13,16-17H2,1-2H3,(H,42,48)(H,41,46,47)(H,37,38,39,40). The van der Waals surface area contributed by atoms with Gasteiger partial charge < -0.3 is 20.4 Å². The molecule has 2 fully saturated rings. The number of imide groups is 1. The molecule has 0 radical (unpaired) electrons. The molecule has 3 N–H and O–H groups in total. The van der Waals surface area contributed by atoms with Crippen LogP contribution in [0.4, 0.5) is 26.8 Å². The normalized spacial score (nSPS) is 17.9. The number of piperidine rings is 1. The molecule has 2 saturated heterocycles. The van der Waals surface area contributed by atoms with Crippen molar-refractivity contribution in [2.45, 2.75) is 45.8 Å². The molecule has 0 spiro atoms. The lowest BCUT2D eigenvalue weighted by Crippen LogP contribution is -2.52. The number of nitrogens with zero attached hydrogens (tertiary/aromatic N) is 6. The molecular weight excluding hydrogens is 685 g/mol. The molecule has 3 aliphatic heterocycles. The number of carbonyl (C=O) groups is 4. The Morgan fingerprint density at radius 3 is 2.66 bits per heavy atom. The van der Waals surface area contributed by atoms with Crippen LogP contribution in [-0.2, 0) is 22.7 Å². The first-order valence-corrected chi connectivity index (χ1v) is 17.3. The molecule has 0 saturated carbocycles. The number of halogens is 2. The number of fused-ring (bicyclic) bond motifs is 1. The third-order valence-corrected chi connectivity index (χ3v) is 10.3. The number of aromatic nitrogens is 3. The van der Waals surface area contributed by atoms with E-state index in [9.17, 15) is 19.2 Å². The zero-order chi connectivity index (χ0) is 35.1. The predicted octanol–water partition coefficient (Wildman–Crippen LogP) is 4.42. The molecule has 0 aliphatic carbocycles. The Labute approximate surface area is 295 Å². The van der Waals surface area contributed by atoms with E-state index in [2.05, 4.69) is 40.7 Å². The number of anilines is 4. The minimum atomic E-state index is -0.792. The molecule has 5 heterocycles. The van der Waals surface area contributed by atoms with Crippen molar-refractivity contribution in [2.75, 3.05) is 41.7 Å². The number of nitrogens with one attached hydrogen (secondary N) is 3. The summed E-state index contributed by atoms with van der Waals surface area (Å²) in [7, 11) is 0. The fourth-order valence-electron chi connectivity index (χ4n) is 6.44. The van der Waals surface area contributed by atoms with Gasteiger partial charge in [-0.25, -0.2) is 19.3 Å². The van der Waals surface area contributed by atoms with E-state index in [0.29, 0.717) is 70.6 Å². The summed E-state index contributed by atoms with van der Waals surface area (Å²) in [5.74, 6) is -0.190. The average molecular weight is 718 g/mol. The maximum absolute atomic E-state index is 15.8. The minimum absolute atomic E-state index is 0.00488. The number of carbonyl (C=O) groups excluding carboxylic acids is 4. The van der Waals surface area contributed by atoms with E-state index in [1.54, 1.807) is 25.1 Å². The summed E-state index contributed by atoms with van der Waals surface area (Å²) in [6.07, 6.45) is 1.86. The topological polar surface area (TPSA) is 153 Å². The van der Waals surface area contributed by atoms with Crippen molar-refractivity contribution in [1.29, 1.82) is 0 Å². The largest absolute Gasteiger partial charge is 0.354 e. The van der Waals surface area contributed by atoms with Crippen LogP contribution in [0, 0.1) is 19.7 Å². The van der Waals surface area contributed by atoms with Gasteiger partial charge in [-0.1, -0.05) is 41.1 Å². The van der Waals surface area contributed by atoms with Crippen molar-refractivity contribution >= 4 is 69.0 Å². The van der Waals surface area contributed by atoms with Crippen LogP contribution in [0.15, 0.2) is 42.6 Å². The SMILES string of the molecule is Cc1nc(Nc2ncc(C(=O)Nc3c(C)cccc3Cl)s2)cc(N2CCN(Cc3ccc4c(c3F)CN(C3CCC(=O)NC3=O)C4=O)CC2)n1. The Balaban J connectivity index is 0.962. The Morgan fingerprint density at radius 1 is 1.10 bits per heavy atom. The van der Waals surface area contributed by atoms with Crippen LogP contribution in [0.5, 0.6) is 0 Å². The van der Waals surface area contributed by atoms with Crippen LogP contribution in [0.3, 0.4) is 0 Å². The second-order valence-electron chi connectivity index (χ2n) is 12.4. The Hall–Kier alpha value is -4.99. The van der Waals surface area contributed by atoms with E-state index in [0.717, 1.165) is 11.4 Å². The summed E-state index contributed by atoms with van der Waals surface area (Å²) in [5.41, 5.74) is 2.44. The van der Waals surface area contributed by atoms with E-state index in [4.69, 9.17) is 11.6 Å². The number of rotatable bonds is 8. The van der Waals surface area contributed by atoms with Gasteiger partial charge in [0.15, 0.2) is 5.13 Å². The smallest absolute Gasteiger partial charge is 0.267 e. The quantitative estimate of drug-likeness (QED) is 0.223. The zero-order valence-corrected chi connectivity index (χ0v) is 28.8. The van der Waals surface area contributed by atoms with E-state index < -0.39 is 23.7 Å². The molecule has 0 bridgehead atoms. The summed E-state index contributed by atoms with van der Waals surface area (Å²) in [6, 6.07) is 9.73. The fourth-order valence-corrected chi connectivity index (χ4v) is 7.43. The maximum atomic E-state index is 15.8. The molecule has 258 valence electrons. The molecule has 2 aromatic carbocycles. The monoisotopic (exact) mass is 717 g/mol. The van der Waals surface area contributed by atoms with Gasteiger partial charge in [0.2, 0.25) is 11.8 Å². The molecule has 2 aromatic heterocycles. The number of benzene rings is 2. The van der Waals surface area contributed by atoms with Gasteiger partial charge >= 0.3 is 0 Å². The van der Waals surface area contributed by atoms with Crippen LogP contribution in [0.25, 0.3) is 0 Å². The van der Waals surface area contributed by atoms with Crippen molar-refractivity contribution in [2.24, 2.45) is 0 Å². The van der Waals surface area contributed by atoms with Gasteiger partial charge in [-0.05, 0) is 38.0 Å². The van der Waals surface area contributed by atoms with Crippen molar-refractivity contribution in [3.8, 4) is 0 Å². The number of aryl methyl sites for hydroxylation is 2. The Kier molecular flexibility index (Phi) is 9.20. The lowest BCUT2D eigenvalue weighted by Gasteiger charge is -2.35. The molecular formula is C34H33ClFN9O4S. The summed E-state index contributed by atoms with van der Waals surface area (Å²) in [4.78, 5) is 69.5. The molecule has 13 nitrogen and oxygen atoms in total. The van der Waals surface area contributed by atoms with Gasteiger partial charge in [-0.3, -0.25) is 29.4 Å². The Morgan fingerprint density at radius 2 is 1.90 bits per heavy atom. The highest BCUT2D eigenvalue weighted by molar-refractivity contribution is 7.17. The number of para-hydroxylation sites is 1. The van der Waals surface area contributed by atoms with Gasteiger partial charge in [0.25, 0.3) is 11.8 Å². The van der Waals surface area contributed by atoms with Gasteiger partial charge in [-0.2, -0.15) is 0 Å². The first kappa shape index (κ1) is 33.5. The second kappa shape index (κ2) is 13.7. The summed E-state index contributed by atoms with van der Waals surface area (Å²) in [5, 5.41) is 9.28. The summed E-state index contributed by atoms with van der Waals surface area (Å²) in [6.45, 7) is 6.63. The summed E-state index contributed by atoms with van der Waals surface area (Å²) >= 11 is 7.46. The second-order valence-corrected chi connectivity index (χ2v) is 13.9. The van der Waals surface area contributed by atoms with Crippen LogP contribution in [0.1, 0.15) is 55.4 Å². The number of hydrogen-bond acceptors (Lipinski definition) is 11. The molecule has 1 unspecified atom stereocenters. The lowest BCUT2D eigenvalue weighted by atomic mass is 10.0. The number of amides is 4. The van der Waals surface area contributed by atoms with Crippen molar-refractivity contribution < 1.29 is 23.6 Å². The molecule has 1 atom stereocenters. The van der Waals surface area contributed by atoms with Crippen molar-refractivity contribution in [1.82, 2.24) is 30.1 Å². The highest BCUT2D eigenvalue weighted by Gasteiger charge is 2.40.